The Morgan fingerprint density at radius 1 is 1.50 bits per heavy atom. The van der Waals surface area contributed by atoms with Gasteiger partial charge in [0.25, 0.3) is 0 Å². The van der Waals surface area contributed by atoms with Crippen LogP contribution in [0.4, 0.5) is 0 Å². The van der Waals surface area contributed by atoms with Gasteiger partial charge in [-0.15, -0.1) is 11.8 Å². The Morgan fingerprint density at radius 3 is 3.00 bits per heavy atom. The van der Waals surface area contributed by atoms with Crippen molar-refractivity contribution in [3.63, 3.8) is 0 Å². The van der Waals surface area contributed by atoms with Crippen LogP contribution in [-0.4, -0.2) is 15.6 Å². The molecule has 1 nitrogen and oxygen atoms in total. The summed E-state index contributed by atoms with van der Waals surface area (Å²) in [5, 5.41) is 0. The number of thiocarbonyl (C=S) groups is 1. The van der Waals surface area contributed by atoms with Crippen LogP contribution >= 0.6 is 24.0 Å². The molecule has 0 fully saturated rings. The van der Waals surface area contributed by atoms with E-state index in [1.54, 1.807) is 18.0 Å². The van der Waals surface area contributed by atoms with E-state index < -0.39 is 0 Å². The molecule has 0 N–H and O–H groups in total. The van der Waals surface area contributed by atoms with E-state index in [-0.39, 0.29) is 0 Å². The third kappa shape index (κ3) is 1.57. The molecule has 0 aliphatic carbocycles. The smallest absolute Gasteiger partial charge is 0.0351 e. The fourth-order valence-corrected chi connectivity index (χ4v) is 2.32. The first-order valence-corrected chi connectivity index (χ1v) is 5.03. The Bertz CT molecular complexity index is 330. The first-order chi connectivity index (χ1) is 5.86. The van der Waals surface area contributed by atoms with Crippen molar-refractivity contribution in [2.24, 2.45) is 0 Å². The fraction of sp³-hybridized carbons (Fsp3) is 0.111. The second kappa shape index (κ2) is 3.37. The molecule has 12 heavy (non-hydrogen) atoms. The molecule has 1 aromatic rings. The SMILES string of the molecule is S=C1C=C(c2cccnc2)SC1. The molecule has 0 spiro atoms. The first kappa shape index (κ1) is 7.95. The topological polar surface area (TPSA) is 12.9 Å². The van der Waals surface area contributed by atoms with Crippen molar-refractivity contribution in [1.29, 1.82) is 0 Å². The van der Waals surface area contributed by atoms with E-state index in [0.717, 1.165) is 10.6 Å². The molecule has 0 unspecified atom stereocenters. The minimum absolute atomic E-state index is 0.944. The average Bonchev–Trinajstić information content (AvgIpc) is 2.54. The van der Waals surface area contributed by atoms with Crippen molar-refractivity contribution < 1.29 is 0 Å². The molecule has 2 heterocycles. The maximum absolute atomic E-state index is 5.08. The number of pyridine rings is 1. The summed E-state index contributed by atoms with van der Waals surface area (Å²) in [6.45, 7) is 0. The van der Waals surface area contributed by atoms with Gasteiger partial charge in [-0.2, -0.15) is 0 Å². The summed E-state index contributed by atoms with van der Waals surface area (Å²) in [7, 11) is 0. The number of rotatable bonds is 1. The van der Waals surface area contributed by atoms with Gasteiger partial charge in [0.15, 0.2) is 0 Å². The first-order valence-electron chi connectivity index (χ1n) is 3.64. The van der Waals surface area contributed by atoms with E-state index in [0.29, 0.717) is 0 Å². The van der Waals surface area contributed by atoms with Crippen LogP contribution in [0.1, 0.15) is 5.56 Å². The quantitative estimate of drug-likeness (QED) is 0.636. The standard InChI is InChI=1S/C9H7NS2/c11-8-4-9(12-6-8)7-2-1-3-10-5-7/h1-5H,6H2. The number of nitrogens with zero attached hydrogens (tertiary/aromatic N) is 1. The van der Waals surface area contributed by atoms with E-state index in [1.165, 1.54) is 10.5 Å². The Labute approximate surface area is 80.9 Å². The minimum Gasteiger partial charge on any atom is -0.264 e. The molecule has 3 heteroatoms. The largest absolute Gasteiger partial charge is 0.264 e. The van der Waals surface area contributed by atoms with E-state index in [2.05, 4.69) is 17.1 Å². The van der Waals surface area contributed by atoms with E-state index in [4.69, 9.17) is 12.2 Å². The van der Waals surface area contributed by atoms with Gasteiger partial charge in [0, 0.05) is 33.5 Å². The molecule has 2 rings (SSSR count). The molecule has 0 amide bonds. The highest BCUT2D eigenvalue weighted by atomic mass is 32.2. The summed E-state index contributed by atoms with van der Waals surface area (Å²) in [5.41, 5.74) is 1.17. The average molecular weight is 193 g/mol. The van der Waals surface area contributed by atoms with Crippen molar-refractivity contribution in [3.05, 3.63) is 36.2 Å². The third-order valence-corrected chi connectivity index (χ3v) is 3.17. The van der Waals surface area contributed by atoms with Crippen LogP contribution in [0.5, 0.6) is 0 Å². The molecule has 0 aromatic carbocycles. The van der Waals surface area contributed by atoms with Gasteiger partial charge in [-0.1, -0.05) is 18.3 Å². The van der Waals surface area contributed by atoms with Crippen molar-refractivity contribution in [2.75, 3.05) is 5.75 Å². The zero-order valence-electron chi connectivity index (χ0n) is 6.36. The molecule has 1 aliphatic heterocycles. The summed E-state index contributed by atoms with van der Waals surface area (Å²) < 4.78 is 0. The van der Waals surface area contributed by atoms with Crippen LogP contribution in [-0.2, 0) is 0 Å². The van der Waals surface area contributed by atoms with Gasteiger partial charge in [-0.05, 0) is 12.1 Å². The normalized spacial score (nSPS) is 16.3. The molecule has 0 saturated heterocycles. The summed E-state index contributed by atoms with van der Waals surface area (Å²) >= 11 is 6.86. The molecular formula is C9H7NS2. The van der Waals surface area contributed by atoms with Gasteiger partial charge in [-0.25, -0.2) is 0 Å². The molecular weight excluding hydrogens is 186 g/mol. The van der Waals surface area contributed by atoms with Gasteiger partial charge in [-0.3, -0.25) is 4.98 Å². The summed E-state index contributed by atoms with van der Waals surface area (Å²) in [5.74, 6) is 0.944. The van der Waals surface area contributed by atoms with Crippen LogP contribution in [0.15, 0.2) is 30.6 Å². The predicted molar refractivity (Wildman–Crippen MR) is 57.3 cm³/mol. The lowest BCUT2D eigenvalue weighted by Crippen LogP contribution is -1.82. The van der Waals surface area contributed by atoms with Crippen LogP contribution < -0.4 is 0 Å². The summed E-state index contributed by atoms with van der Waals surface area (Å²) in [6, 6.07) is 4.00. The third-order valence-electron chi connectivity index (χ3n) is 1.61. The van der Waals surface area contributed by atoms with Crippen molar-refractivity contribution >= 4 is 33.7 Å². The van der Waals surface area contributed by atoms with Gasteiger partial charge < -0.3 is 0 Å². The van der Waals surface area contributed by atoms with Gasteiger partial charge in [0.1, 0.15) is 0 Å². The fourth-order valence-electron chi connectivity index (χ4n) is 1.05. The highest BCUT2D eigenvalue weighted by Crippen LogP contribution is 2.32. The summed E-state index contributed by atoms with van der Waals surface area (Å²) in [4.78, 5) is 6.33. The molecule has 0 atom stereocenters. The number of hydrogen-bond acceptors (Lipinski definition) is 3. The highest BCUT2D eigenvalue weighted by Gasteiger charge is 2.10. The predicted octanol–water partition coefficient (Wildman–Crippen LogP) is 2.54. The van der Waals surface area contributed by atoms with Crippen molar-refractivity contribution in [1.82, 2.24) is 4.98 Å². The van der Waals surface area contributed by atoms with Crippen LogP contribution in [0, 0.1) is 0 Å². The van der Waals surface area contributed by atoms with E-state index >= 15 is 0 Å². The molecule has 1 aromatic heterocycles. The van der Waals surface area contributed by atoms with E-state index in [9.17, 15) is 0 Å². The number of thioether (sulfide) groups is 1. The van der Waals surface area contributed by atoms with Gasteiger partial charge in [0.05, 0.1) is 0 Å². The van der Waals surface area contributed by atoms with E-state index in [1.807, 2.05) is 12.3 Å². The lowest BCUT2D eigenvalue weighted by Gasteiger charge is -1.97. The lowest BCUT2D eigenvalue weighted by atomic mass is 10.2. The Hall–Kier alpha value is -0.670. The van der Waals surface area contributed by atoms with Crippen LogP contribution in [0.25, 0.3) is 4.91 Å². The van der Waals surface area contributed by atoms with Gasteiger partial charge in [0.2, 0.25) is 0 Å². The molecule has 0 radical (unpaired) electrons. The van der Waals surface area contributed by atoms with Crippen LogP contribution in [0.2, 0.25) is 0 Å². The zero-order chi connectivity index (χ0) is 8.39. The minimum atomic E-state index is 0.944. The number of aromatic nitrogens is 1. The highest BCUT2D eigenvalue weighted by molar-refractivity contribution is 8.10. The molecule has 0 saturated carbocycles. The lowest BCUT2D eigenvalue weighted by molar-refractivity contribution is 1.32. The maximum Gasteiger partial charge on any atom is 0.0351 e. The number of allylic oxidation sites excluding steroid dienone is 1. The Morgan fingerprint density at radius 2 is 2.42 bits per heavy atom. The molecule has 0 bridgehead atoms. The second-order valence-electron chi connectivity index (χ2n) is 2.51. The van der Waals surface area contributed by atoms with Gasteiger partial charge >= 0.3 is 0 Å². The second-order valence-corrected chi connectivity index (χ2v) is 4.05. The Balaban J connectivity index is 2.33. The van der Waals surface area contributed by atoms with Crippen LogP contribution in [0.3, 0.4) is 0 Å². The van der Waals surface area contributed by atoms with Crippen molar-refractivity contribution in [3.8, 4) is 0 Å². The maximum atomic E-state index is 5.08. The zero-order valence-corrected chi connectivity index (χ0v) is 7.99. The molecule has 60 valence electrons. The molecule has 1 aliphatic rings. The summed E-state index contributed by atoms with van der Waals surface area (Å²) in [6.07, 6.45) is 5.70. The monoisotopic (exact) mass is 193 g/mol. The Kier molecular flexibility index (Phi) is 2.23. The number of hydrogen-bond donors (Lipinski definition) is 0. The van der Waals surface area contributed by atoms with Crippen molar-refractivity contribution in [2.45, 2.75) is 0 Å².